The van der Waals surface area contributed by atoms with E-state index in [-0.39, 0.29) is 0 Å². The van der Waals surface area contributed by atoms with Crippen molar-refractivity contribution in [2.24, 2.45) is 0 Å². The van der Waals surface area contributed by atoms with Crippen molar-refractivity contribution in [1.29, 1.82) is 0 Å². The van der Waals surface area contributed by atoms with Crippen molar-refractivity contribution in [1.82, 2.24) is 8.01 Å². The van der Waals surface area contributed by atoms with Crippen LogP contribution >= 0.6 is 22.9 Å². The highest BCUT2D eigenvalue weighted by Crippen LogP contribution is 2.10. The van der Waals surface area contributed by atoms with Gasteiger partial charge >= 0.3 is 0 Å². The summed E-state index contributed by atoms with van der Waals surface area (Å²) in [5, 5.41) is 0. The van der Waals surface area contributed by atoms with E-state index in [1.165, 1.54) is 31.7 Å². The first-order valence-corrected chi connectivity index (χ1v) is 5.98. The first-order valence-electron chi connectivity index (χ1n) is 5.01. The van der Waals surface area contributed by atoms with Gasteiger partial charge in [0.1, 0.15) is 0 Å². The van der Waals surface area contributed by atoms with E-state index in [0.717, 1.165) is 6.54 Å². The number of hydrogen-bond acceptors (Lipinski definition) is 2. The van der Waals surface area contributed by atoms with Crippen molar-refractivity contribution < 1.29 is 0 Å². The van der Waals surface area contributed by atoms with Crippen molar-refractivity contribution in [3.63, 3.8) is 0 Å². The molecule has 0 aliphatic carbocycles. The third kappa shape index (κ3) is 2.93. The van der Waals surface area contributed by atoms with Gasteiger partial charge in [-0.2, -0.15) is 0 Å². The fraction of sp³-hybridized carbons (Fsp3) is 0.455. The number of nitrogens with zero attached hydrogens (tertiary/aromatic N) is 2. The predicted molar refractivity (Wildman–Crippen MR) is 67.3 cm³/mol. The lowest BCUT2D eigenvalue weighted by Gasteiger charge is -2.31. The lowest BCUT2D eigenvalue weighted by atomic mass is 10.2. The van der Waals surface area contributed by atoms with Crippen LogP contribution in [0, 0.1) is 0 Å². The van der Waals surface area contributed by atoms with Crippen LogP contribution in [0.4, 0.5) is 0 Å². The lowest BCUT2D eigenvalue weighted by Crippen LogP contribution is -2.41. The number of hydrogen-bond donors (Lipinski definition) is 0. The minimum atomic E-state index is 1.10. The zero-order chi connectivity index (χ0) is 9.80. The molecule has 1 aliphatic heterocycles. The van der Waals surface area contributed by atoms with Crippen LogP contribution in [-0.4, -0.2) is 34.2 Å². The minimum Gasteiger partial charge on any atom is -0.296 e. The molecule has 3 heteroatoms. The topological polar surface area (TPSA) is 6.48 Å². The number of piperazine rings is 1. The Bertz CT molecular complexity index is 268. The molecule has 14 heavy (non-hydrogen) atoms. The molecule has 0 N–H and O–H groups in total. The molecule has 2 rings (SSSR count). The van der Waals surface area contributed by atoms with Crippen molar-refractivity contribution in [2.45, 2.75) is 6.54 Å². The standard InChI is InChI=1S/C11H15IN2/c12-14-8-6-13(7-9-14)10-11-4-2-1-3-5-11/h1-5H,6-10H2. The molecule has 76 valence electrons. The Labute approximate surface area is 99.4 Å². The Hall–Kier alpha value is -0.130. The van der Waals surface area contributed by atoms with Gasteiger partial charge in [-0.05, 0) is 5.56 Å². The fourth-order valence-electron chi connectivity index (χ4n) is 1.72. The monoisotopic (exact) mass is 302 g/mol. The number of rotatable bonds is 2. The molecule has 0 atom stereocenters. The summed E-state index contributed by atoms with van der Waals surface area (Å²) in [6, 6.07) is 10.7. The zero-order valence-corrected chi connectivity index (χ0v) is 10.4. The Kier molecular flexibility index (Phi) is 3.78. The summed E-state index contributed by atoms with van der Waals surface area (Å²) in [5.74, 6) is 0. The van der Waals surface area contributed by atoms with Crippen molar-refractivity contribution >= 4 is 22.9 Å². The first kappa shape index (κ1) is 10.4. The average molecular weight is 302 g/mol. The SMILES string of the molecule is IN1CCN(Cc2ccccc2)CC1. The largest absolute Gasteiger partial charge is 0.296 e. The van der Waals surface area contributed by atoms with Gasteiger partial charge in [-0.3, -0.25) is 4.90 Å². The van der Waals surface area contributed by atoms with E-state index in [4.69, 9.17) is 0 Å². The van der Waals surface area contributed by atoms with Gasteiger partial charge in [0.15, 0.2) is 0 Å². The van der Waals surface area contributed by atoms with Crippen LogP contribution in [0.3, 0.4) is 0 Å². The van der Waals surface area contributed by atoms with Crippen LogP contribution < -0.4 is 0 Å². The van der Waals surface area contributed by atoms with Gasteiger partial charge in [0, 0.05) is 55.6 Å². The van der Waals surface area contributed by atoms with Crippen molar-refractivity contribution in [3.05, 3.63) is 35.9 Å². The van der Waals surface area contributed by atoms with Crippen molar-refractivity contribution in [3.8, 4) is 0 Å². The molecular formula is C11H15IN2. The third-order valence-electron chi connectivity index (χ3n) is 2.57. The Balaban J connectivity index is 1.87. The summed E-state index contributed by atoms with van der Waals surface area (Å²) < 4.78 is 2.36. The number of benzene rings is 1. The molecule has 1 aromatic carbocycles. The van der Waals surface area contributed by atoms with E-state index in [1.807, 2.05) is 0 Å². The molecule has 0 aromatic heterocycles. The van der Waals surface area contributed by atoms with Gasteiger partial charge in [-0.1, -0.05) is 30.3 Å². The second-order valence-electron chi connectivity index (χ2n) is 3.67. The molecule has 0 spiro atoms. The first-order chi connectivity index (χ1) is 6.84. The maximum absolute atomic E-state index is 2.52. The molecule has 2 nitrogen and oxygen atoms in total. The molecular weight excluding hydrogens is 287 g/mol. The van der Waals surface area contributed by atoms with Gasteiger partial charge in [-0.15, -0.1) is 0 Å². The van der Waals surface area contributed by atoms with Gasteiger partial charge in [0.05, 0.1) is 0 Å². The van der Waals surface area contributed by atoms with Crippen LogP contribution in [0.15, 0.2) is 30.3 Å². The highest BCUT2D eigenvalue weighted by atomic mass is 127. The summed E-state index contributed by atoms with van der Waals surface area (Å²) in [4.78, 5) is 2.52. The summed E-state index contributed by atoms with van der Waals surface area (Å²) in [6.07, 6.45) is 0. The lowest BCUT2D eigenvalue weighted by molar-refractivity contribution is 0.198. The zero-order valence-electron chi connectivity index (χ0n) is 8.19. The highest BCUT2D eigenvalue weighted by Gasteiger charge is 2.14. The normalized spacial score (nSPS) is 19.8. The summed E-state index contributed by atoms with van der Waals surface area (Å²) in [6.45, 7) is 5.86. The Morgan fingerprint density at radius 2 is 1.64 bits per heavy atom. The van der Waals surface area contributed by atoms with Crippen molar-refractivity contribution in [2.75, 3.05) is 26.2 Å². The minimum absolute atomic E-state index is 1.10. The Morgan fingerprint density at radius 1 is 1.00 bits per heavy atom. The fourth-order valence-corrected chi connectivity index (χ4v) is 2.15. The molecule has 0 unspecified atom stereocenters. The molecule has 1 aromatic rings. The van der Waals surface area contributed by atoms with Gasteiger partial charge in [0.2, 0.25) is 0 Å². The van der Waals surface area contributed by atoms with Crippen LogP contribution in [-0.2, 0) is 6.54 Å². The van der Waals surface area contributed by atoms with Gasteiger partial charge < -0.3 is 0 Å². The van der Waals surface area contributed by atoms with Gasteiger partial charge in [0.25, 0.3) is 0 Å². The van der Waals surface area contributed by atoms with Crippen LogP contribution in [0.1, 0.15) is 5.56 Å². The van der Waals surface area contributed by atoms with E-state index in [2.05, 4.69) is 61.2 Å². The molecule has 1 heterocycles. The van der Waals surface area contributed by atoms with E-state index >= 15 is 0 Å². The van der Waals surface area contributed by atoms with E-state index in [0.29, 0.717) is 0 Å². The van der Waals surface area contributed by atoms with Crippen LogP contribution in [0.2, 0.25) is 0 Å². The smallest absolute Gasteiger partial charge is 0.0234 e. The van der Waals surface area contributed by atoms with E-state index < -0.39 is 0 Å². The maximum atomic E-state index is 2.52. The van der Waals surface area contributed by atoms with E-state index in [9.17, 15) is 0 Å². The Morgan fingerprint density at radius 3 is 2.29 bits per heavy atom. The molecule has 0 saturated carbocycles. The van der Waals surface area contributed by atoms with Gasteiger partial charge in [-0.25, -0.2) is 3.11 Å². The second kappa shape index (κ2) is 5.09. The number of halogens is 1. The summed E-state index contributed by atoms with van der Waals surface area (Å²) in [5.41, 5.74) is 1.43. The second-order valence-corrected chi connectivity index (χ2v) is 5.04. The average Bonchev–Trinajstić information content (AvgIpc) is 2.23. The molecule has 0 amide bonds. The summed E-state index contributed by atoms with van der Waals surface area (Å²) in [7, 11) is 0. The predicted octanol–water partition coefficient (Wildman–Crippen LogP) is 2.15. The quantitative estimate of drug-likeness (QED) is 0.610. The molecule has 1 saturated heterocycles. The third-order valence-corrected chi connectivity index (χ3v) is 3.53. The summed E-state index contributed by atoms with van der Waals surface area (Å²) >= 11 is 2.40. The van der Waals surface area contributed by atoms with Crippen LogP contribution in [0.25, 0.3) is 0 Å². The molecule has 0 radical (unpaired) electrons. The maximum Gasteiger partial charge on any atom is 0.0234 e. The molecule has 0 bridgehead atoms. The van der Waals surface area contributed by atoms with E-state index in [1.54, 1.807) is 0 Å². The highest BCUT2D eigenvalue weighted by molar-refractivity contribution is 14.1. The van der Waals surface area contributed by atoms with Crippen LogP contribution in [0.5, 0.6) is 0 Å². The molecule has 1 aliphatic rings. The molecule has 1 fully saturated rings.